The maximum Gasteiger partial charge on any atom is 0.127 e. The molecule has 3 heteroatoms. The van der Waals surface area contributed by atoms with Crippen molar-refractivity contribution in [1.29, 1.82) is 0 Å². The number of nitrogen functional groups attached to an aromatic ring is 1. The Bertz CT molecular complexity index is 424. The maximum absolute atomic E-state index is 6.47. The van der Waals surface area contributed by atoms with Gasteiger partial charge in [-0.25, -0.2) is 4.98 Å². The fourth-order valence-electron chi connectivity index (χ4n) is 3.53. The molecule has 1 aromatic heterocycles. The second kappa shape index (κ2) is 6.64. The molecule has 0 aliphatic heterocycles. The third-order valence-electron chi connectivity index (χ3n) is 4.71. The van der Waals surface area contributed by atoms with Crippen LogP contribution < -0.4 is 5.73 Å². The smallest absolute Gasteiger partial charge is 0.127 e. The van der Waals surface area contributed by atoms with E-state index in [9.17, 15) is 0 Å². The molecule has 1 heterocycles. The average molecular weight is 277 g/mol. The molecule has 0 saturated heterocycles. The van der Waals surface area contributed by atoms with Gasteiger partial charge in [-0.3, -0.25) is 0 Å². The molecular weight excluding hydrogens is 246 g/mol. The Balaban J connectivity index is 2.39. The molecule has 0 amide bonds. The highest BCUT2D eigenvalue weighted by Crippen LogP contribution is 2.38. The maximum atomic E-state index is 6.47. The fraction of sp³-hybridized carbons (Fsp3) is 0.824. The molecule has 2 N–H and O–H groups in total. The third-order valence-corrected chi connectivity index (χ3v) is 4.71. The monoisotopic (exact) mass is 277 g/mol. The summed E-state index contributed by atoms with van der Waals surface area (Å²) in [4.78, 5) is 5.02. The Morgan fingerprint density at radius 3 is 2.30 bits per heavy atom. The van der Waals surface area contributed by atoms with E-state index in [2.05, 4.69) is 32.3 Å². The highest BCUT2D eigenvalue weighted by atomic mass is 15.2. The molecule has 3 nitrogen and oxygen atoms in total. The highest BCUT2D eigenvalue weighted by molar-refractivity contribution is 5.41. The molecule has 0 bridgehead atoms. The Kier molecular flexibility index (Phi) is 5.11. The standard InChI is InChI=1S/C17H31N3/c1-5-13(6-2)15-16(18)20(11-12(3)4)17(19-15)14-9-7-8-10-14/h12-14H,5-11,18H2,1-4H3. The van der Waals surface area contributed by atoms with Crippen molar-refractivity contribution in [3.05, 3.63) is 11.5 Å². The van der Waals surface area contributed by atoms with Gasteiger partial charge in [-0.05, 0) is 31.6 Å². The molecule has 0 aromatic carbocycles. The van der Waals surface area contributed by atoms with Crippen LogP contribution in [0.15, 0.2) is 0 Å². The van der Waals surface area contributed by atoms with E-state index in [0.29, 0.717) is 17.8 Å². The first-order valence-corrected chi connectivity index (χ1v) is 8.44. The first-order valence-electron chi connectivity index (χ1n) is 8.44. The molecule has 0 unspecified atom stereocenters. The number of anilines is 1. The topological polar surface area (TPSA) is 43.8 Å². The van der Waals surface area contributed by atoms with Crippen LogP contribution in [0.2, 0.25) is 0 Å². The van der Waals surface area contributed by atoms with Crippen LogP contribution in [0.4, 0.5) is 5.82 Å². The van der Waals surface area contributed by atoms with Crippen LogP contribution in [-0.4, -0.2) is 9.55 Å². The van der Waals surface area contributed by atoms with Crippen molar-refractivity contribution < 1.29 is 0 Å². The van der Waals surface area contributed by atoms with Gasteiger partial charge < -0.3 is 10.3 Å². The van der Waals surface area contributed by atoms with E-state index in [0.717, 1.165) is 30.9 Å². The van der Waals surface area contributed by atoms with Gasteiger partial charge in [-0.1, -0.05) is 40.5 Å². The van der Waals surface area contributed by atoms with E-state index >= 15 is 0 Å². The summed E-state index contributed by atoms with van der Waals surface area (Å²) in [7, 11) is 0. The average Bonchev–Trinajstić information content (AvgIpc) is 3.02. The van der Waals surface area contributed by atoms with Gasteiger partial charge in [0.2, 0.25) is 0 Å². The number of nitrogens with zero attached hydrogens (tertiary/aromatic N) is 2. The lowest BCUT2D eigenvalue weighted by atomic mass is 9.99. The molecule has 0 atom stereocenters. The number of hydrogen-bond donors (Lipinski definition) is 1. The Hall–Kier alpha value is -0.990. The van der Waals surface area contributed by atoms with Crippen LogP contribution >= 0.6 is 0 Å². The minimum Gasteiger partial charge on any atom is -0.384 e. The number of imidazole rings is 1. The van der Waals surface area contributed by atoms with E-state index in [1.54, 1.807) is 0 Å². The normalized spacial score (nSPS) is 16.7. The number of hydrogen-bond acceptors (Lipinski definition) is 2. The minimum absolute atomic E-state index is 0.517. The zero-order valence-electron chi connectivity index (χ0n) is 13.7. The zero-order valence-corrected chi connectivity index (χ0v) is 13.7. The second-order valence-corrected chi connectivity index (χ2v) is 6.74. The van der Waals surface area contributed by atoms with Gasteiger partial charge in [0.25, 0.3) is 0 Å². The van der Waals surface area contributed by atoms with Gasteiger partial charge in [0.1, 0.15) is 11.6 Å². The van der Waals surface area contributed by atoms with Crippen molar-refractivity contribution in [2.45, 2.75) is 84.6 Å². The van der Waals surface area contributed by atoms with Gasteiger partial charge in [0.15, 0.2) is 0 Å². The van der Waals surface area contributed by atoms with Crippen molar-refractivity contribution >= 4 is 5.82 Å². The molecule has 1 aromatic rings. The van der Waals surface area contributed by atoms with Crippen LogP contribution in [0, 0.1) is 5.92 Å². The number of nitrogens with two attached hydrogens (primary N) is 1. The fourth-order valence-corrected chi connectivity index (χ4v) is 3.53. The summed E-state index contributed by atoms with van der Waals surface area (Å²) < 4.78 is 2.33. The van der Waals surface area contributed by atoms with Crippen LogP contribution in [0.3, 0.4) is 0 Å². The highest BCUT2D eigenvalue weighted by Gasteiger charge is 2.27. The summed E-state index contributed by atoms with van der Waals surface area (Å²) in [5.41, 5.74) is 7.64. The van der Waals surface area contributed by atoms with Crippen LogP contribution in [-0.2, 0) is 6.54 Å². The lowest BCUT2D eigenvalue weighted by Gasteiger charge is -2.16. The second-order valence-electron chi connectivity index (χ2n) is 6.74. The van der Waals surface area contributed by atoms with Crippen molar-refractivity contribution in [2.24, 2.45) is 5.92 Å². The molecule has 0 radical (unpaired) electrons. The van der Waals surface area contributed by atoms with E-state index in [4.69, 9.17) is 10.7 Å². The molecule has 2 rings (SSSR count). The molecular formula is C17H31N3. The van der Waals surface area contributed by atoms with E-state index in [-0.39, 0.29) is 0 Å². The summed E-state index contributed by atoms with van der Waals surface area (Å²) in [5, 5.41) is 0. The van der Waals surface area contributed by atoms with Crippen molar-refractivity contribution in [3.8, 4) is 0 Å². The predicted molar refractivity (Wildman–Crippen MR) is 86.0 cm³/mol. The Morgan fingerprint density at radius 2 is 1.80 bits per heavy atom. The number of rotatable bonds is 6. The van der Waals surface area contributed by atoms with E-state index in [1.807, 2.05) is 0 Å². The summed E-state index contributed by atoms with van der Waals surface area (Å²) in [6.45, 7) is 10.0. The summed E-state index contributed by atoms with van der Waals surface area (Å²) in [6.07, 6.45) is 7.53. The van der Waals surface area contributed by atoms with Gasteiger partial charge in [-0.2, -0.15) is 0 Å². The van der Waals surface area contributed by atoms with Crippen LogP contribution in [0.5, 0.6) is 0 Å². The molecule has 1 fully saturated rings. The van der Waals surface area contributed by atoms with Gasteiger partial charge in [0.05, 0.1) is 5.69 Å². The first kappa shape index (κ1) is 15.4. The summed E-state index contributed by atoms with van der Waals surface area (Å²) >= 11 is 0. The third kappa shape index (κ3) is 3.02. The van der Waals surface area contributed by atoms with Gasteiger partial charge >= 0.3 is 0 Å². The zero-order chi connectivity index (χ0) is 14.7. The molecule has 1 saturated carbocycles. The molecule has 114 valence electrons. The van der Waals surface area contributed by atoms with Crippen molar-refractivity contribution in [1.82, 2.24) is 9.55 Å². The lowest BCUT2D eigenvalue weighted by molar-refractivity contribution is 0.492. The molecule has 1 aliphatic carbocycles. The van der Waals surface area contributed by atoms with Gasteiger partial charge in [-0.15, -0.1) is 0 Å². The molecule has 20 heavy (non-hydrogen) atoms. The molecule has 1 aliphatic rings. The summed E-state index contributed by atoms with van der Waals surface area (Å²) in [5.74, 6) is 3.98. The Labute approximate surface area is 124 Å². The summed E-state index contributed by atoms with van der Waals surface area (Å²) in [6, 6.07) is 0. The van der Waals surface area contributed by atoms with Crippen LogP contribution in [0.1, 0.15) is 89.6 Å². The van der Waals surface area contributed by atoms with E-state index < -0.39 is 0 Å². The first-order chi connectivity index (χ1) is 9.58. The quantitative estimate of drug-likeness (QED) is 0.820. The number of aromatic nitrogens is 2. The molecule has 0 spiro atoms. The predicted octanol–water partition coefficient (Wildman–Crippen LogP) is 4.68. The lowest BCUT2D eigenvalue weighted by Crippen LogP contribution is -2.13. The van der Waals surface area contributed by atoms with E-state index in [1.165, 1.54) is 31.5 Å². The van der Waals surface area contributed by atoms with Gasteiger partial charge in [0, 0.05) is 18.4 Å². The van der Waals surface area contributed by atoms with Crippen molar-refractivity contribution in [3.63, 3.8) is 0 Å². The van der Waals surface area contributed by atoms with Crippen LogP contribution in [0.25, 0.3) is 0 Å². The Morgan fingerprint density at radius 1 is 1.20 bits per heavy atom. The van der Waals surface area contributed by atoms with Crippen molar-refractivity contribution in [2.75, 3.05) is 5.73 Å². The largest absolute Gasteiger partial charge is 0.384 e. The minimum atomic E-state index is 0.517. The SMILES string of the molecule is CCC(CC)c1nc(C2CCCC2)n(CC(C)C)c1N.